The zero-order valence-electron chi connectivity index (χ0n) is 17.5. The van der Waals surface area contributed by atoms with Crippen molar-refractivity contribution < 1.29 is 14.3 Å². The van der Waals surface area contributed by atoms with Gasteiger partial charge in [0.2, 0.25) is 5.91 Å². The average Bonchev–Trinajstić information content (AvgIpc) is 3.32. The van der Waals surface area contributed by atoms with E-state index in [4.69, 9.17) is 4.74 Å². The first kappa shape index (κ1) is 20.2. The Bertz CT molecular complexity index is 1070. The Hall–Kier alpha value is -3.08. The summed E-state index contributed by atoms with van der Waals surface area (Å²) in [5.74, 6) is 0.124. The van der Waals surface area contributed by atoms with Crippen molar-refractivity contribution >= 4 is 28.8 Å². The predicted molar refractivity (Wildman–Crippen MR) is 119 cm³/mol. The number of fused-ring (bicyclic) bond motifs is 2. The summed E-state index contributed by atoms with van der Waals surface area (Å²) < 4.78 is 5.43. The molecule has 2 heterocycles. The summed E-state index contributed by atoms with van der Waals surface area (Å²) in [6.07, 6.45) is 7.76. The van der Waals surface area contributed by atoms with E-state index in [1.807, 2.05) is 48.7 Å². The van der Waals surface area contributed by atoms with Crippen LogP contribution in [-0.4, -0.2) is 24.3 Å². The van der Waals surface area contributed by atoms with Gasteiger partial charge in [-0.15, -0.1) is 0 Å². The number of hydrogen-bond donors (Lipinski definition) is 2. The fourth-order valence-electron chi connectivity index (χ4n) is 4.85. The number of unbranched alkanes of at least 4 members (excludes halogenated alkanes) is 3. The van der Waals surface area contributed by atoms with E-state index in [1.54, 1.807) is 7.11 Å². The number of ether oxygens (including phenoxy) is 1. The molecule has 30 heavy (non-hydrogen) atoms. The Morgan fingerprint density at radius 2 is 1.93 bits per heavy atom. The Kier molecular flexibility index (Phi) is 5.62. The quantitative estimate of drug-likeness (QED) is 0.380. The van der Waals surface area contributed by atoms with Gasteiger partial charge in [0.25, 0.3) is 0 Å². The van der Waals surface area contributed by atoms with Crippen LogP contribution in [0.15, 0.2) is 48.7 Å². The molecule has 0 bridgehead atoms. The number of anilines is 1. The van der Waals surface area contributed by atoms with Crippen LogP contribution in [0.4, 0.5) is 5.69 Å². The Balaban J connectivity index is 1.92. The molecule has 0 spiro atoms. The van der Waals surface area contributed by atoms with Gasteiger partial charge in [0.15, 0.2) is 0 Å². The molecule has 4 rings (SSSR count). The molecule has 2 atom stereocenters. The SMILES string of the molecule is CCCCCC[C@@H](C=O)[C@]1(c2c[nH]c3ccc(OC)cc23)C(=O)Nc2ccccc21. The second kappa shape index (κ2) is 8.34. The molecule has 1 amide bonds. The molecule has 3 aromatic rings. The number of methoxy groups -OCH3 is 1. The molecule has 0 saturated carbocycles. The van der Waals surface area contributed by atoms with E-state index >= 15 is 0 Å². The second-order valence-corrected chi connectivity index (χ2v) is 8.01. The molecule has 5 nitrogen and oxygen atoms in total. The van der Waals surface area contributed by atoms with Gasteiger partial charge in [-0.3, -0.25) is 4.79 Å². The molecule has 1 aliphatic rings. The van der Waals surface area contributed by atoms with Gasteiger partial charge in [0.1, 0.15) is 17.5 Å². The zero-order chi connectivity index (χ0) is 21.1. The van der Waals surface area contributed by atoms with E-state index in [0.29, 0.717) is 6.42 Å². The van der Waals surface area contributed by atoms with Crippen LogP contribution in [0.3, 0.4) is 0 Å². The molecule has 1 aromatic heterocycles. The van der Waals surface area contributed by atoms with Crippen molar-refractivity contribution in [1.82, 2.24) is 4.98 Å². The van der Waals surface area contributed by atoms with Gasteiger partial charge >= 0.3 is 0 Å². The highest BCUT2D eigenvalue weighted by Gasteiger charge is 2.54. The third-order valence-corrected chi connectivity index (χ3v) is 6.36. The number of nitrogens with one attached hydrogen (secondary N) is 2. The van der Waals surface area contributed by atoms with Crippen LogP contribution in [0.5, 0.6) is 5.75 Å². The monoisotopic (exact) mass is 404 g/mol. The number of carbonyl (C=O) groups is 2. The fourth-order valence-corrected chi connectivity index (χ4v) is 4.85. The summed E-state index contributed by atoms with van der Waals surface area (Å²) in [5.41, 5.74) is 2.32. The van der Waals surface area contributed by atoms with Crippen molar-refractivity contribution in [2.75, 3.05) is 12.4 Å². The highest BCUT2D eigenvalue weighted by molar-refractivity contribution is 6.12. The smallest absolute Gasteiger partial charge is 0.240 e. The van der Waals surface area contributed by atoms with E-state index in [-0.39, 0.29) is 5.91 Å². The molecule has 156 valence electrons. The third kappa shape index (κ3) is 3.09. The summed E-state index contributed by atoms with van der Waals surface area (Å²) in [6, 6.07) is 13.5. The largest absolute Gasteiger partial charge is 0.497 e. The van der Waals surface area contributed by atoms with Gasteiger partial charge in [0.05, 0.1) is 7.11 Å². The first-order chi connectivity index (χ1) is 14.7. The molecular weight excluding hydrogens is 376 g/mol. The Morgan fingerprint density at radius 3 is 2.70 bits per heavy atom. The summed E-state index contributed by atoms with van der Waals surface area (Å²) in [6.45, 7) is 2.17. The fraction of sp³-hybridized carbons (Fsp3) is 0.360. The number of benzene rings is 2. The van der Waals surface area contributed by atoms with Crippen LogP contribution in [-0.2, 0) is 15.0 Å². The van der Waals surface area contributed by atoms with Crippen molar-refractivity contribution in [3.8, 4) is 5.75 Å². The van der Waals surface area contributed by atoms with E-state index in [9.17, 15) is 9.59 Å². The highest BCUT2D eigenvalue weighted by Crippen LogP contribution is 2.50. The van der Waals surface area contributed by atoms with Crippen LogP contribution in [0.2, 0.25) is 0 Å². The number of aldehydes is 1. The molecular formula is C25H28N2O3. The third-order valence-electron chi connectivity index (χ3n) is 6.36. The lowest BCUT2D eigenvalue weighted by atomic mass is 9.65. The number of H-pyrrole nitrogens is 1. The zero-order valence-corrected chi connectivity index (χ0v) is 17.5. The van der Waals surface area contributed by atoms with Gasteiger partial charge < -0.3 is 19.8 Å². The minimum Gasteiger partial charge on any atom is -0.497 e. The van der Waals surface area contributed by atoms with E-state index in [1.165, 1.54) is 0 Å². The van der Waals surface area contributed by atoms with E-state index in [0.717, 1.165) is 65.4 Å². The summed E-state index contributed by atoms with van der Waals surface area (Å²) >= 11 is 0. The molecule has 0 saturated heterocycles. The normalized spacial score (nSPS) is 18.8. The van der Waals surface area contributed by atoms with E-state index in [2.05, 4.69) is 17.2 Å². The molecule has 2 N–H and O–H groups in total. The second-order valence-electron chi connectivity index (χ2n) is 8.01. The summed E-state index contributed by atoms with van der Waals surface area (Å²) in [4.78, 5) is 29.4. The Labute approximate surface area is 176 Å². The minimum atomic E-state index is -1.06. The number of rotatable bonds is 9. The lowest BCUT2D eigenvalue weighted by Crippen LogP contribution is -2.43. The standard InChI is InChI=1S/C25H28N2O3/c1-3-4-5-6-9-17(16-28)25(20-10-7-8-11-23(20)27-24(25)29)21-15-26-22-13-12-18(30-2)14-19(21)22/h7-8,10-17,26H,3-6,9H2,1-2H3,(H,27,29)/t17-,25-/m0/s1. The minimum absolute atomic E-state index is 0.139. The van der Waals surface area contributed by atoms with Crippen LogP contribution >= 0.6 is 0 Å². The van der Waals surface area contributed by atoms with Crippen LogP contribution in [0.1, 0.15) is 50.2 Å². The van der Waals surface area contributed by atoms with Crippen LogP contribution < -0.4 is 10.1 Å². The van der Waals surface area contributed by atoms with Crippen molar-refractivity contribution in [3.05, 3.63) is 59.8 Å². The molecule has 0 radical (unpaired) electrons. The molecule has 5 heteroatoms. The van der Waals surface area contributed by atoms with Gasteiger partial charge in [-0.1, -0.05) is 50.8 Å². The molecule has 0 unspecified atom stereocenters. The maximum atomic E-state index is 13.6. The maximum Gasteiger partial charge on any atom is 0.240 e. The Morgan fingerprint density at radius 1 is 1.10 bits per heavy atom. The molecule has 2 aromatic carbocycles. The van der Waals surface area contributed by atoms with Crippen molar-refractivity contribution in [2.45, 2.75) is 44.4 Å². The van der Waals surface area contributed by atoms with Gasteiger partial charge in [-0.05, 0) is 41.8 Å². The van der Waals surface area contributed by atoms with E-state index < -0.39 is 11.3 Å². The summed E-state index contributed by atoms with van der Waals surface area (Å²) in [5, 5.41) is 3.95. The first-order valence-corrected chi connectivity index (χ1v) is 10.7. The van der Waals surface area contributed by atoms with Crippen LogP contribution in [0, 0.1) is 5.92 Å². The maximum absolute atomic E-state index is 13.6. The van der Waals surface area contributed by atoms with Crippen molar-refractivity contribution in [3.63, 3.8) is 0 Å². The lowest BCUT2D eigenvalue weighted by molar-refractivity contribution is -0.125. The molecule has 0 aliphatic carbocycles. The van der Waals surface area contributed by atoms with Gasteiger partial charge in [-0.2, -0.15) is 0 Å². The number of aromatic amines is 1. The molecule has 0 fully saturated rings. The number of hydrogen-bond acceptors (Lipinski definition) is 3. The van der Waals surface area contributed by atoms with Gasteiger partial charge in [-0.25, -0.2) is 0 Å². The number of aromatic nitrogens is 1. The number of amides is 1. The highest BCUT2D eigenvalue weighted by atomic mass is 16.5. The molecule has 1 aliphatic heterocycles. The lowest BCUT2D eigenvalue weighted by Gasteiger charge is -2.33. The van der Waals surface area contributed by atoms with Crippen LogP contribution in [0.25, 0.3) is 10.9 Å². The topological polar surface area (TPSA) is 71.2 Å². The van der Waals surface area contributed by atoms with Gasteiger partial charge in [0, 0.05) is 28.7 Å². The predicted octanol–water partition coefficient (Wildman–Crippen LogP) is 5.20. The van der Waals surface area contributed by atoms with Crippen molar-refractivity contribution in [1.29, 1.82) is 0 Å². The first-order valence-electron chi connectivity index (χ1n) is 10.7. The number of carbonyl (C=O) groups excluding carboxylic acids is 2. The average molecular weight is 405 g/mol. The summed E-state index contributed by atoms with van der Waals surface area (Å²) in [7, 11) is 1.63. The van der Waals surface area contributed by atoms with Crippen molar-refractivity contribution in [2.24, 2.45) is 5.92 Å². The number of para-hydroxylation sites is 1.